The Morgan fingerprint density at radius 2 is 0.522 bits per heavy atom. The molecule has 7 heteroatoms. The van der Waals surface area contributed by atoms with E-state index in [1.807, 2.05) is 0 Å². The van der Waals surface area contributed by atoms with E-state index >= 15 is 0 Å². The van der Waals surface area contributed by atoms with Crippen LogP contribution in [0, 0.1) is 47.3 Å². The van der Waals surface area contributed by atoms with E-state index in [9.17, 15) is 0 Å². The average molecular weight is 365 g/mol. The quantitative estimate of drug-likeness (QED) is 0.530. The maximum Gasteiger partial charge on any atom is 0 e. The molecule has 0 atom stereocenters. The Balaban J connectivity index is -0.0000000301. The van der Waals surface area contributed by atoms with Crippen LogP contribution in [-0.2, 0) is 16.5 Å². The minimum Gasteiger partial charge on any atom is -0.512 e. The zero-order chi connectivity index (χ0) is 19.4. The van der Waals surface area contributed by atoms with Gasteiger partial charge in [-0.25, -0.2) is 0 Å². The number of hydrogen-bond donors (Lipinski definition) is 0. The van der Waals surface area contributed by atoms with E-state index in [0.29, 0.717) is 0 Å². The molecule has 0 aromatic heterocycles. The molecule has 0 N–H and O–H groups in total. The molecule has 0 aromatic carbocycles. The van der Waals surface area contributed by atoms with Gasteiger partial charge in [-0.15, -0.1) is 0 Å². The van der Waals surface area contributed by atoms with Gasteiger partial charge in [0.1, 0.15) is 0 Å². The van der Waals surface area contributed by atoms with Gasteiger partial charge in [-0.1, -0.05) is 41.5 Å². The molecule has 0 aliphatic heterocycles. The second-order valence-corrected chi connectivity index (χ2v) is 3.24. The Bertz CT molecular complexity index is 171. The molecule has 0 amide bonds. The first-order valence-corrected chi connectivity index (χ1v) is 7.03. The number of rotatable bonds is 6. The zero-order valence-corrected chi connectivity index (χ0v) is 16.2. The van der Waals surface area contributed by atoms with Crippen LogP contribution in [0.25, 0.3) is 0 Å². The number of nitrogens with zero attached hydrogens (tertiary/aromatic N) is 6. The Hall–Kier alpha value is -1.63. The molecule has 0 unspecified atom stereocenters. The van der Waals surface area contributed by atoms with Crippen LogP contribution in [0.1, 0.15) is 41.5 Å². The van der Waals surface area contributed by atoms with E-state index in [2.05, 4.69) is 51.3 Å². The van der Waals surface area contributed by atoms with Gasteiger partial charge in [-0.3, -0.25) is 0 Å². The van der Waals surface area contributed by atoms with Crippen molar-refractivity contribution in [2.75, 3.05) is 39.3 Å². The van der Waals surface area contributed by atoms with Crippen LogP contribution < -0.4 is 0 Å². The second kappa shape index (κ2) is 71.1. The minimum atomic E-state index is 0. The van der Waals surface area contributed by atoms with Crippen molar-refractivity contribution in [3.63, 3.8) is 0 Å². The summed E-state index contributed by atoms with van der Waals surface area (Å²) in [6, 6.07) is 0. The molecular formula is C16H30N6Ni-4. The molecule has 0 fully saturated rings. The van der Waals surface area contributed by atoms with Crippen LogP contribution in [0.15, 0.2) is 0 Å². The van der Waals surface area contributed by atoms with Gasteiger partial charge in [0.05, 0.1) is 0 Å². The Morgan fingerprint density at radius 1 is 0.435 bits per heavy atom. The van der Waals surface area contributed by atoms with Gasteiger partial charge in [0, 0.05) is 16.5 Å². The molecular weight excluding hydrogens is 335 g/mol. The summed E-state index contributed by atoms with van der Waals surface area (Å²) in [5.74, 6) is 0. The van der Waals surface area contributed by atoms with Gasteiger partial charge in [0.2, 0.25) is 0 Å². The molecule has 0 heterocycles. The summed E-state index contributed by atoms with van der Waals surface area (Å²) in [6.45, 7) is 39.2. The standard InChI is InChI=1S/2C6H15N.4CN.Ni/c2*1-4-7(5-2)6-3;4*1-2;/h2*4-6H2,1-3H3;;;;;/q;;4*-1;. The van der Waals surface area contributed by atoms with E-state index in [-0.39, 0.29) is 16.5 Å². The fourth-order valence-corrected chi connectivity index (χ4v) is 1.34. The third-order valence-electron chi connectivity index (χ3n) is 2.68. The van der Waals surface area contributed by atoms with Crippen molar-refractivity contribution >= 4 is 0 Å². The predicted molar refractivity (Wildman–Crippen MR) is 86.8 cm³/mol. The molecule has 0 rings (SSSR count). The van der Waals surface area contributed by atoms with Crippen LogP contribution in [0.2, 0.25) is 0 Å². The van der Waals surface area contributed by atoms with Crippen molar-refractivity contribution in [3.8, 4) is 0 Å². The molecule has 138 valence electrons. The van der Waals surface area contributed by atoms with E-state index in [1.165, 1.54) is 39.3 Å². The van der Waals surface area contributed by atoms with Crippen LogP contribution in [0.4, 0.5) is 0 Å². The molecule has 0 radical (unpaired) electrons. The molecule has 0 saturated heterocycles. The van der Waals surface area contributed by atoms with Gasteiger partial charge >= 0.3 is 0 Å². The van der Waals surface area contributed by atoms with Crippen molar-refractivity contribution in [1.29, 1.82) is 21.0 Å². The fraction of sp³-hybridized carbons (Fsp3) is 0.750. The Labute approximate surface area is 154 Å². The first kappa shape index (κ1) is 42.9. The molecule has 6 nitrogen and oxygen atoms in total. The maximum absolute atomic E-state index is 6.25. The van der Waals surface area contributed by atoms with Gasteiger partial charge in [0.25, 0.3) is 0 Å². The van der Waals surface area contributed by atoms with Crippen LogP contribution in [0.5, 0.6) is 0 Å². The minimum absolute atomic E-state index is 0. The molecule has 0 aliphatic carbocycles. The topological polar surface area (TPSA) is 102 Å². The smallest absolute Gasteiger partial charge is 0 e. The van der Waals surface area contributed by atoms with E-state index in [4.69, 9.17) is 47.3 Å². The number of hydrogen-bond acceptors (Lipinski definition) is 6. The maximum atomic E-state index is 6.25. The second-order valence-electron chi connectivity index (χ2n) is 3.24. The summed E-state index contributed by atoms with van der Waals surface area (Å²) >= 11 is 0. The molecule has 0 spiro atoms. The summed E-state index contributed by atoms with van der Waals surface area (Å²) < 4.78 is 0. The van der Waals surface area contributed by atoms with Crippen molar-refractivity contribution in [3.05, 3.63) is 26.3 Å². The van der Waals surface area contributed by atoms with Crippen molar-refractivity contribution < 1.29 is 16.5 Å². The summed E-state index contributed by atoms with van der Waals surface area (Å²) in [4.78, 5) is 4.75. The Kier molecular flexibility index (Phi) is 133. The average Bonchev–Trinajstić information content (AvgIpc) is 2.65. The predicted octanol–water partition coefficient (Wildman–Crippen LogP) is 3.08. The normalized spacial score (nSPS) is 6.61. The van der Waals surface area contributed by atoms with E-state index in [1.54, 1.807) is 0 Å². The summed E-state index contributed by atoms with van der Waals surface area (Å²) in [5, 5.41) is 25.0. The summed E-state index contributed by atoms with van der Waals surface area (Å²) in [7, 11) is 0. The van der Waals surface area contributed by atoms with Crippen LogP contribution in [-0.4, -0.2) is 49.1 Å². The molecule has 0 bridgehead atoms. The largest absolute Gasteiger partial charge is 0.512 e. The van der Waals surface area contributed by atoms with E-state index < -0.39 is 0 Å². The third kappa shape index (κ3) is 63.9. The Morgan fingerprint density at radius 3 is 0.522 bits per heavy atom. The summed E-state index contributed by atoms with van der Waals surface area (Å²) in [5.41, 5.74) is 0. The first-order valence-electron chi connectivity index (χ1n) is 7.03. The molecule has 0 aliphatic rings. The SMILES string of the molecule is CCN(CC)CC.CCN(CC)CC.[C-]#N.[C-]#N.[C-]#N.[C-]#N.[Ni]. The van der Waals surface area contributed by atoms with Gasteiger partial charge in [-0.2, -0.15) is 0 Å². The van der Waals surface area contributed by atoms with Crippen LogP contribution >= 0.6 is 0 Å². The molecule has 23 heavy (non-hydrogen) atoms. The molecule has 0 saturated carbocycles. The first-order chi connectivity index (χ1) is 10.7. The fourth-order valence-electron chi connectivity index (χ4n) is 1.34. The van der Waals surface area contributed by atoms with Gasteiger partial charge < -0.3 is 57.1 Å². The van der Waals surface area contributed by atoms with Gasteiger partial charge in [-0.05, 0) is 39.3 Å². The summed E-state index contributed by atoms with van der Waals surface area (Å²) in [6.07, 6.45) is 0. The van der Waals surface area contributed by atoms with Crippen molar-refractivity contribution in [2.24, 2.45) is 0 Å². The third-order valence-corrected chi connectivity index (χ3v) is 2.68. The van der Waals surface area contributed by atoms with Gasteiger partial charge in [0.15, 0.2) is 0 Å². The monoisotopic (exact) mass is 364 g/mol. The van der Waals surface area contributed by atoms with Crippen molar-refractivity contribution in [2.45, 2.75) is 41.5 Å². The van der Waals surface area contributed by atoms with Crippen molar-refractivity contribution in [1.82, 2.24) is 9.80 Å². The zero-order valence-electron chi connectivity index (χ0n) is 15.2. The molecule has 0 aromatic rings. The van der Waals surface area contributed by atoms with E-state index in [0.717, 1.165) is 0 Å². The van der Waals surface area contributed by atoms with Crippen LogP contribution in [0.3, 0.4) is 0 Å².